The molecule has 6 heteroatoms. The predicted molar refractivity (Wildman–Crippen MR) is 74.5 cm³/mol. The van der Waals surface area contributed by atoms with E-state index < -0.39 is 0 Å². The third kappa shape index (κ3) is 3.51. The number of carbonyl (C=O) groups is 1. The van der Waals surface area contributed by atoms with E-state index >= 15 is 0 Å². The highest BCUT2D eigenvalue weighted by Gasteiger charge is 2.30. The Labute approximate surface area is 121 Å². The van der Waals surface area contributed by atoms with E-state index in [9.17, 15) is 4.79 Å². The monoisotopic (exact) mass is 307 g/mol. The first-order chi connectivity index (χ1) is 8.47. The van der Waals surface area contributed by atoms with Gasteiger partial charge in [-0.1, -0.05) is 34.8 Å². The smallest absolute Gasteiger partial charge is 0.282 e. The van der Waals surface area contributed by atoms with Crippen molar-refractivity contribution in [1.82, 2.24) is 0 Å². The van der Waals surface area contributed by atoms with Crippen LogP contribution in [0.3, 0.4) is 0 Å². The molecule has 1 amide bonds. The van der Waals surface area contributed by atoms with Crippen LogP contribution in [-0.2, 0) is 4.79 Å². The van der Waals surface area contributed by atoms with E-state index in [0.29, 0.717) is 26.8 Å². The summed E-state index contributed by atoms with van der Waals surface area (Å²) in [4.78, 5) is 12.0. The Kier molecular flexibility index (Phi) is 4.38. The van der Waals surface area contributed by atoms with E-state index in [-0.39, 0.29) is 11.9 Å². The minimum atomic E-state index is -0.152. The molecule has 1 aromatic carbocycles. The Morgan fingerprint density at radius 3 is 2.39 bits per heavy atom. The molecule has 1 aliphatic rings. The van der Waals surface area contributed by atoms with Gasteiger partial charge in [0.25, 0.3) is 5.91 Å². The van der Waals surface area contributed by atoms with Gasteiger partial charge in [0.15, 0.2) is 6.04 Å². The maximum Gasteiger partial charge on any atom is 0.282 e. The maximum absolute atomic E-state index is 12.0. The van der Waals surface area contributed by atoms with E-state index in [2.05, 4.69) is 10.6 Å². The van der Waals surface area contributed by atoms with Gasteiger partial charge < -0.3 is 10.6 Å². The van der Waals surface area contributed by atoms with E-state index in [0.717, 1.165) is 0 Å². The molecule has 0 aromatic heterocycles. The van der Waals surface area contributed by atoms with Crippen LogP contribution < -0.4 is 10.6 Å². The number of hydrogen-bond acceptors (Lipinski definition) is 1. The molecule has 1 aliphatic carbocycles. The minimum Gasteiger partial charge on any atom is -0.334 e. The van der Waals surface area contributed by atoms with Crippen LogP contribution in [0.15, 0.2) is 12.1 Å². The number of amides is 1. The molecule has 3 N–H and O–H groups in total. The minimum absolute atomic E-state index is 0.104. The first kappa shape index (κ1) is 13.9. The molecular weight excluding hydrogens is 295 g/mol. The summed E-state index contributed by atoms with van der Waals surface area (Å²) in [5.41, 5.74) is 0.420. The van der Waals surface area contributed by atoms with Gasteiger partial charge >= 0.3 is 0 Å². The van der Waals surface area contributed by atoms with E-state index in [1.807, 2.05) is 6.92 Å². The molecule has 1 saturated carbocycles. The lowest BCUT2D eigenvalue weighted by atomic mass is 10.2. The largest absolute Gasteiger partial charge is 0.334 e. The molecular formula is C12H14Cl3N2O+. The lowest BCUT2D eigenvalue weighted by molar-refractivity contribution is -0.686. The van der Waals surface area contributed by atoms with Crippen molar-refractivity contribution >= 4 is 46.4 Å². The Morgan fingerprint density at radius 2 is 1.89 bits per heavy atom. The number of nitrogens with two attached hydrogens (primary N) is 1. The van der Waals surface area contributed by atoms with Gasteiger partial charge in [0.05, 0.1) is 21.8 Å². The molecule has 0 spiro atoms. The van der Waals surface area contributed by atoms with Crippen LogP contribution >= 0.6 is 34.8 Å². The third-order valence-corrected chi connectivity index (χ3v) is 3.67. The summed E-state index contributed by atoms with van der Waals surface area (Å²) in [5.74, 6) is -0.104. The summed E-state index contributed by atoms with van der Waals surface area (Å²) < 4.78 is 0. The van der Waals surface area contributed by atoms with Gasteiger partial charge in [0.2, 0.25) is 0 Å². The molecule has 1 atom stereocenters. The van der Waals surface area contributed by atoms with Gasteiger partial charge in [-0.25, -0.2) is 0 Å². The molecule has 1 aromatic rings. The molecule has 2 rings (SSSR count). The molecule has 3 nitrogen and oxygen atoms in total. The zero-order valence-electron chi connectivity index (χ0n) is 9.84. The van der Waals surface area contributed by atoms with Crippen molar-refractivity contribution in [2.24, 2.45) is 0 Å². The van der Waals surface area contributed by atoms with Crippen molar-refractivity contribution < 1.29 is 10.1 Å². The first-order valence-corrected chi connectivity index (χ1v) is 6.91. The maximum atomic E-state index is 12.0. The fourth-order valence-electron chi connectivity index (χ4n) is 1.68. The number of rotatable bonds is 4. The van der Waals surface area contributed by atoms with Crippen molar-refractivity contribution in [2.75, 3.05) is 5.32 Å². The van der Waals surface area contributed by atoms with Crippen LogP contribution in [0.1, 0.15) is 19.8 Å². The summed E-state index contributed by atoms with van der Waals surface area (Å²) in [6, 6.07) is 3.54. The molecule has 0 aliphatic heterocycles. The van der Waals surface area contributed by atoms with Crippen LogP contribution in [0.25, 0.3) is 0 Å². The topological polar surface area (TPSA) is 45.7 Å². The summed E-state index contributed by atoms with van der Waals surface area (Å²) >= 11 is 17.8. The summed E-state index contributed by atoms with van der Waals surface area (Å²) in [6.07, 6.45) is 2.36. The summed E-state index contributed by atoms with van der Waals surface area (Å²) in [5, 5.41) is 5.95. The molecule has 1 fully saturated rings. The fourth-order valence-corrected chi connectivity index (χ4v) is 2.59. The third-order valence-electron chi connectivity index (χ3n) is 2.85. The quantitative estimate of drug-likeness (QED) is 0.882. The van der Waals surface area contributed by atoms with Gasteiger partial charge in [-0.15, -0.1) is 0 Å². The normalized spacial score (nSPS) is 16.4. The van der Waals surface area contributed by atoms with Crippen molar-refractivity contribution in [3.8, 4) is 0 Å². The molecule has 98 valence electrons. The number of carbonyl (C=O) groups excluding carboxylic acids is 1. The average molecular weight is 309 g/mol. The summed E-state index contributed by atoms with van der Waals surface area (Å²) in [7, 11) is 0. The molecule has 0 heterocycles. The highest BCUT2D eigenvalue weighted by Crippen LogP contribution is 2.33. The Morgan fingerprint density at radius 1 is 1.33 bits per heavy atom. The zero-order valence-corrected chi connectivity index (χ0v) is 12.1. The van der Waals surface area contributed by atoms with Gasteiger partial charge in [0.1, 0.15) is 0 Å². The molecule has 0 bridgehead atoms. The predicted octanol–water partition coefficient (Wildman–Crippen LogP) is 2.70. The lowest BCUT2D eigenvalue weighted by Crippen LogP contribution is -2.93. The number of hydrogen-bond donors (Lipinski definition) is 2. The van der Waals surface area contributed by atoms with Gasteiger partial charge in [-0.2, -0.15) is 0 Å². The van der Waals surface area contributed by atoms with Crippen molar-refractivity contribution in [2.45, 2.75) is 31.8 Å². The Bertz CT molecular complexity index is 451. The number of anilines is 1. The first-order valence-electron chi connectivity index (χ1n) is 5.77. The average Bonchev–Trinajstić information content (AvgIpc) is 3.06. The fraction of sp³-hybridized carbons (Fsp3) is 0.417. The second-order valence-electron chi connectivity index (χ2n) is 4.55. The van der Waals surface area contributed by atoms with Crippen molar-refractivity contribution in [3.05, 3.63) is 27.2 Å². The van der Waals surface area contributed by atoms with Crippen molar-refractivity contribution in [3.63, 3.8) is 0 Å². The van der Waals surface area contributed by atoms with E-state index in [1.165, 1.54) is 12.8 Å². The Balaban J connectivity index is 2.06. The van der Waals surface area contributed by atoms with E-state index in [1.54, 1.807) is 12.1 Å². The lowest BCUT2D eigenvalue weighted by Gasteiger charge is -2.13. The Hall–Kier alpha value is -0.480. The molecule has 0 radical (unpaired) electrons. The van der Waals surface area contributed by atoms with Crippen molar-refractivity contribution in [1.29, 1.82) is 0 Å². The number of benzene rings is 1. The molecule has 0 saturated heterocycles. The SMILES string of the molecule is C[C@@H]([NH2+]C1CC1)C(=O)Nc1c(Cl)cc(Cl)cc1Cl. The van der Waals surface area contributed by atoms with Crippen LogP contribution in [0.2, 0.25) is 15.1 Å². The second-order valence-corrected chi connectivity index (χ2v) is 5.80. The number of halogens is 3. The second kappa shape index (κ2) is 5.66. The van der Waals surface area contributed by atoms with Crippen LogP contribution in [-0.4, -0.2) is 18.0 Å². The van der Waals surface area contributed by atoms with Gasteiger partial charge in [-0.3, -0.25) is 4.79 Å². The molecule has 0 unspecified atom stereocenters. The number of nitrogens with one attached hydrogen (secondary N) is 1. The zero-order chi connectivity index (χ0) is 13.3. The van der Waals surface area contributed by atoms with Crippen LogP contribution in [0.4, 0.5) is 5.69 Å². The van der Waals surface area contributed by atoms with Gasteiger partial charge in [0, 0.05) is 17.9 Å². The summed E-state index contributed by atoms with van der Waals surface area (Å²) in [6.45, 7) is 1.87. The number of quaternary nitrogens is 1. The highest BCUT2D eigenvalue weighted by molar-refractivity contribution is 6.42. The van der Waals surface area contributed by atoms with Crippen LogP contribution in [0.5, 0.6) is 0 Å². The highest BCUT2D eigenvalue weighted by atomic mass is 35.5. The molecule has 18 heavy (non-hydrogen) atoms. The standard InChI is InChI=1S/C12H13Cl3N2O/c1-6(16-8-2-3-8)12(18)17-11-9(14)4-7(13)5-10(11)15/h4-6,8,16H,2-3H2,1H3,(H,17,18)/p+1/t6-/m1/s1. The van der Waals surface area contributed by atoms with E-state index in [4.69, 9.17) is 34.8 Å². The van der Waals surface area contributed by atoms with Crippen LogP contribution in [0, 0.1) is 0 Å². The van der Waals surface area contributed by atoms with Gasteiger partial charge in [-0.05, 0) is 19.1 Å².